The third-order valence-electron chi connectivity index (χ3n) is 3.14. The molecule has 0 spiro atoms. The summed E-state index contributed by atoms with van der Waals surface area (Å²) >= 11 is 0. The van der Waals surface area contributed by atoms with Crippen LogP contribution in [0.1, 0.15) is 27.0 Å². The van der Waals surface area contributed by atoms with Crippen molar-refractivity contribution in [2.75, 3.05) is 11.0 Å². The molecule has 2 aromatic carbocycles. The molecule has 5 heteroatoms. The molecule has 0 bridgehead atoms. The van der Waals surface area contributed by atoms with Gasteiger partial charge in [0.2, 0.25) is 10.0 Å². The first-order valence-corrected chi connectivity index (χ1v) is 9.01. The zero-order valence-corrected chi connectivity index (χ0v) is 14.1. The van der Waals surface area contributed by atoms with Crippen molar-refractivity contribution in [3.63, 3.8) is 0 Å². The lowest BCUT2D eigenvalue weighted by atomic mass is 10.1. The molecule has 0 heterocycles. The summed E-state index contributed by atoms with van der Waals surface area (Å²) in [6, 6.07) is 12.4. The van der Waals surface area contributed by atoms with Crippen LogP contribution in [-0.4, -0.2) is 20.5 Å². The number of hydrogen-bond acceptors (Lipinski definition) is 3. The third kappa shape index (κ3) is 5.38. The third-order valence-corrected chi connectivity index (χ3v) is 3.75. The number of nitrogens with one attached hydrogen (secondary N) is 1. The molecule has 120 valence electrons. The van der Waals surface area contributed by atoms with E-state index >= 15 is 0 Å². The van der Waals surface area contributed by atoms with E-state index in [1.54, 1.807) is 30.3 Å². The fraction of sp³-hybridized carbons (Fsp3) is 0.167. The molecule has 2 rings (SSSR count). The normalized spacial score (nSPS) is 11.6. The number of aryl methyl sites for hydroxylation is 2. The zero-order valence-electron chi connectivity index (χ0n) is 13.3. The second-order valence-corrected chi connectivity index (χ2v) is 7.32. The molecule has 0 atom stereocenters. The second kappa shape index (κ2) is 6.79. The molecular formula is C18H19NO3S. The van der Waals surface area contributed by atoms with Crippen LogP contribution in [0.2, 0.25) is 0 Å². The van der Waals surface area contributed by atoms with Crippen LogP contribution in [0.3, 0.4) is 0 Å². The van der Waals surface area contributed by atoms with Crippen LogP contribution in [0.5, 0.6) is 0 Å². The molecule has 2 aromatic rings. The fourth-order valence-electron chi connectivity index (χ4n) is 2.29. The Labute approximate surface area is 136 Å². The average molecular weight is 329 g/mol. The van der Waals surface area contributed by atoms with E-state index in [-0.39, 0.29) is 5.78 Å². The number of rotatable bonds is 5. The standard InChI is InChI=1S/C18H19NO3S/c1-13-10-14(2)12-15(11-13)4-9-18(20)16-5-7-17(8-6-16)19-23(3,21)22/h4-12,19H,1-3H3/b9-4+. The number of benzene rings is 2. The van der Waals surface area contributed by atoms with Gasteiger partial charge in [0.1, 0.15) is 0 Å². The molecule has 0 unspecified atom stereocenters. The summed E-state index contributed by atoms with van der Waals surface area (Å²) in [6.45, 7) is 4.03. The summed E-state index contributed by atoms with van der Waals surface area (Å²) < 4.78 is 24.6. The molecule has 0 aliphatic rings. The van der Waals surface area contributed by atoms with Gasteiger partial charge in [0.25, 0.3) is 0 Å². The quantitative estimate of drug-likeness (QED) is 0.674. The van der Waals surface area contributed by atoms with Crippen LogP contribution in [0.4, 0.5) is 5.69 Å². The van der Waals surface area contributed by atoms with Gasteiger partial charge < -0.3 is 0 Å². The lowest BCUT2D eigenvalue weighted by Crippen LogP contribution is -2.09. The summed E-state index contributed by atoms with van der Waals surface area (Å²) in [6.07, 6.45) is 4.39. The lowest BCUT2D eigenvalue weighted by Gasteiger charge is -2.04. The smallest absolute Gasteiger partial charge is 0.229 e. The molecule has 4 nitrogen and oxygen atoms in total. The van der Waals surface area contributed by atoms with E-state index < -0.39 is 10.0 Å². The maximum atomic E-state index is 12.2. The minimum atomic E-state index is -3.31. The number of sulfonamides is 1. The van der Waals surface area contributed by atoms with Crippen molar-refractivity contribution < 1.29 is 13.2 Å². The SMILES string of the molecule is Cc1cc(C)cc(/C=C/C(=O)c2ccc(NS(C)(=O)=O)cc2)c1. The predicted molar refractivity (Wildman–Crippen MR) is 94.2 cm³/mol. The van der Waals surface area contributed by atoms with E-state index in [0.717, 1.165) is 22.9 Å². The van der Waals surface area contributed by atoms with E-state index in [0.29, 0.717) is 11.3 Å². The molecule has 0 aromatic heterocycles. The Bertz CT molecular complexity index is 830. The first-order valence-electron chi connectivity index (χ1n) is 7.11. The molecule has 0 aliphatic heterocycles. The summed E-state index contributed by atoms with van der Waals surface area (Å²) in [7, 11) is -3.31. The van der Waals surface area contributed by atoms with Crippen molar-refractivity contribution in [1.29, 1.82) is 0 Å². The zero-order chi connectivity index (χ0) is 17.0. The van der Waals surface area contributed by atoms with E-state index in [4.69, 9.17) is 0 Å². The van der Waals surface area contributed by atoms with Gasteiger partial charge >= 0.3 is 0 Å². The van der Waals surface area contributed by atoms with E-state index in [9.17, 15) is 13.2 Å². The molecule has 0 fully saturated rings. The van der Waals surface area contributed by atoms with Crippen molar-refractivity contribution in [2.24, 2.45) is 0 Å². The number of carbonyl (C=O) groups is 1. The Morgan fingerprint density at radius 2 is 1.57 bits per heavy atom. The first kappa shape index (κ1) is 17.0. The second-order valence-electron chi connectivity index (χ2n) is 5.57. The Morgan fingerprint density at radius 1 is 1.00 bits per heavy atom. The monoisotopic (exact) mass is 329 g/mol. The van der Waals surface area contributed by atoms with Crippen molar-refractivity contribution in [2.45, 2.75) is 13.8 Å². The molecule has 0 aliphatic carbocycles. The highest BCUT2D eigenvalue weighted by Crippen LogP contribution is 2.14. The number of hydrogen-bond donors (Lipinski definition) is 1. The van der Waals surface area contributed by atoms with Crippen molar-refractivity contribution in [3.8, 4) is 0 Å². The van der Waals surface area contributed by atoms with Gasteiger partial charge in [-0.2, -0.15) is 0 Å². The van der Waals surface area contributed by atoms with Gasteiger partial charge in [0, 0.05) is 11.3 Å². The average Bonchev–Trinajstić information content (AvgIpc) is 2.43. The number of anilines is 1. The van der Waals surface area contributed by atoms with E-state index in [1.165, 1.54) is 6.08 Å². The molecule has 0 saturated carbocycles. The summed E-state index contributed by atoms with van der Waals surface area (Å²) in [5, 5.41) is 0. The highest BCUT2D eigenvalue weighted by Gasteiger charge is 2.04. The van der Waals surface area contributed by atoms with Gasteiger partial charge in [0.15, 0.2) is 5.78 Å². The van der Waals surface area contributed by atoms with Crippen molar-refractivity contribution in [3.05, 3.63) is 70.8 Å². The highest BCUT2D eigenvalue weighted by atomic mass is 32.2. The number of ketones is 1. The lowest BCUT2D eigenvalue weighted by molar-refractivity contribution is 0.104. The minimum absolute atomic E-state index is 0.130. The van der Waals surface area contributed by atoms with E-state index in [2.05, 4.69) is 10.8 Å². The van der Waals surface area contributed by atoms with Crippen molar-refractivity contribution >= 4 is 27.6 Å². The molecule has 0 amide bonds. The Hall–Kier alpha value is -2.40. The van der Waals surface area contributed by atoms with Crippen molar-refractivity contribution in [1.82, 2.24) is 0 Å². The summed E-state index contributed by atoms with van der Waals surface area (Å²) in [5.41, 5.74) is 4.21. The number of allylic oxidation sites excluding steroid dienone is 1. The fourth-order valence-corrected chi connectivity index (χ4v) is 2.86. The van der Waals surface area contributed by atoms with Crippen LogP contribution in [0.25, 0.3) is 6.08 Å². The van der Waals surface area contributed by atoms with Gasteiger partial charge in [-0.1, -0.05) is 35.4 Å². The van der Waals surface area contributed by atoms with Gasteiger partial charge in [-0.05, 0) is 49.8 Å². The predicted octanol–water partition coefficient (Wildman–Crippen LogP) is 3.57. The van der Waals surface area contributed by atoms with Gasteiger partial charge in [-0.25, -0.2) is 8.42 Å². The van der Waals surface area contributed by atoms with Crippen LogP contribution in [0.15, 0.2) is 48.5 Å². The Balaban J connectivity index is 2.12. The maximum Gasteiger partial charge on any atom is 0.229 e. The highest BCUT2D eigenvalue weighted by molar-refractivity contribution is 7.92. The first-order chi connectivity index (χ1) is 10.7. The van der Waals surface area contributed by atoms with Crippen LogP contribution in [-0.2, 0) is 10.0 Å². The van der Waals surface area contributed by atoms with E-state index in [1.807, 2.05) is 26.0 Å². The summed E-state index contributed by atoms with van der Waals surface area (Å²) in [5.74, 6) is -0.130. The van der Waals surface area contributed by atoms with Gasteiger partial charge in [-0.3, -0.25) is 9.52 Å². The topological polar surface area (TPSA) is 63.2 Å². The molecular weight excluding hydrogens is 310 g/mol. The number of carbonyl (C=O) groups excluding carboxylic acids is 1. The Morgan fingerprint density at radius 3 is 2.09 bits per heavy atom. The van der Waals surface area contributed by atoms with Crippen LogP contribution >= 0.6 is 0 Å². The maximum absolute atomic E-state index is 12.2. The molecule has 0 saturated heterocycles. The summed E-state index contributed by atoms with van der Waals surface area (Å²) in [4.78, 5) is 12.2. The molecule has 23 heavy (non-hydrogen) atoms. The largest absolute Gasteiger partial charge is 0.289 e. The van der Waals surface area contributed by atoms with Gasteiger partial charge in [0.05, 0.1) is 6.26 Å². The van der Waals surface area contributed by atoms with Crippen LogP contribution < -0.4 is 4.72 Å². The molecule has 1 N–H and O–H groups in total. The van der Waals surface area contributed by atoms with Crippen LogP contribution in [0, 0.1) is 13.8 Å². The molecule has 0 radical (unpaired) electrons. The Kier molecular flexibility index (Phi) is 5.01. The minimum Gasteiger partial charge on any atom is -0.289 e. The van der Waals surface area contributed by atoms with Gasteiger partial charge in [-0.15, -0.1) is 0 Å².